The molecule has 1 aromatic heterocycles. The molecule has 2 aromatic carbocycles. The third kappa shape index (κ3) is 2.83. The van der Waals surface area contributed by atoms with E-state index >= 15 is 0 Å². The lowest BCUT2D eigenvalue weighted by Crippen LogP contribution is -2.21. The van der Waals surface area contributed by atoms with Crippen molar-refractivity contribution in [2.75, 3.05) is 23.4 Å². The second kappa shape index (κ2) is 6.32. The summed E-state index contributed by atoms with van der Waals surface area (Å²) in [4.78, 5) is 13.6. The number of para-hydroxylation sites is 1. The van der Waals surface area contributed by atoms with Crippen molar-refractivity contribution in [3.63, 3.8) is 0 Å². The highest BCUT2D eigenvalue weighted by Gasteiger charge is 2.21. The van der Waals surface area contributed by atoms with Crippen molar-refractivity contribution >= 4 is 17.5 Å². The molecule has 24 heavy (non-hydrogen) atoms. The van der Waals surface area contributed by atoms with E-state index in [1.54, 1.807) is 0 Å². The van der Waals surface area contributed by atoms with Crippen molar-refractivity contribution in [2.45, 2.75) is 13.0 Å². The topological polar surface area (TPSA) is 32.3 Å². The van der Waals surface area contributed by atoms with Gasteiger partial charge in [-0.25, -0.2) is 4.98 Å². The van der Waals surface area contributed by atoms with Gasteiger partial charge >= 0.3 is 0 Å². The van der Waals surface area contributed by atoms with Crippen LogP contribution in [0.5, 0.6) is 0 Å². The molecule has 1 aliphatic heterocycles. The van der Waals surface area contributed by atoms with Gasteiger partial charge in [0.1, 0.15) is 5.82 Å². The van der Waals surface area contributed by atoms with E-state index in [2.05, 4.69) is 63.3 Å². The molecule has 4 heteroatoms. The van der Waals surface area contributed by atoms with Crippen LogP contribution in [0.15, 0.2) is 66.9 Å². The second-order valence-corrected chi connectivity index (χ2v) is 6.09. The van der Waals surface area contributed by atoms with Crippen molar-refractivity contribution in [3.8, 4) is 0 Å². The van der Waals surface area contributed by atoms with Gasteiger partial charge in [0.15, 0.2) is 0 Å². The van der Waals surface area contributed by atoms with Crippen molar-refractivity contribution < 1.29 is 0 Å². The van der Waals surface area contributed by atoms with Crippen LogP contribution in [0.1, 0.15) is 11.1 Å². The molecule has 0 unspecified atom stereocenters. The average molecular weight is 316 g/mol. The fourth-order valence-corrected chi connectivity index (χ4v) is 3.18. The maximum atomic E-state index is 4.79. The molecule has 0 spiro atoms. The summed E-state index contributed by atoms with van der Waals surface area (Å²) in [6.45, 7) is 1.76. The van der Waals surface area contributed by atoms with Gasteiger partial charge in [-0.2, -0.15) is 4.98 Å². The van der Waals surface area contributed by atoms with Gasteiger partial charge in [-0.1, -0.05) is 48.5 Å². The van der Waals surface area contributed by atoms with Crippen molar-refractivity contribution in [1.29, 1.82) is 0 Å². The van der Waals surface area contributed by atoms with Crippen LogP contribution in [-0.4, -0.2) is 23.6 Å². The number of hydrogen-bond donors (Lipinski definition) is 0. The molecule has 120 valence electrons. The lowest BCUT2D eigenvalue weighted by molar-refractivity contribution is 0.858. The predicted molar refractivity (Wildman–Crippen MR) is 97.7 cm³/mol. The lowest BCUT2D eigenvalue weighted by Gasteiger charge is -2.21. The molecular weight excluding hydrogens is 296 g/mol. The zero-order valence-corrected chi connectivity index (χ0v) is 13.8. The number of benzene rings is 2. The summed E-state index contributed by atoms with van der Waals surface area (Å²) in [7, 11) is 2.03. The standard InChI is InChI=1S/C20H20N4/c1-23(15-16-7-3-2-4-8-16)20-21-13-11-19(22-20)24-14-12-17-9-5-6-10-18(17)24/h2-11,13H,12,14-15H2,1H3. The molecule has 0 saturated carbocycles. The van der Waals surface area contributed by atoms with Crippen molar-refractivity contribution in [3.05, 3.63) is 78.0 Å². The molecule has 0 atom stereocenters. The molecule has 0 amide bonds. The normalized spacial score (nSPS) is 13.0. The summed E-state index contributed by atoms with van der Waals surface area (Å²) in [5.74, 6) is 1.71. The van der Waals surface area contributed by atoms with Crippen LogP contribution < -0.4 is 9.80 Å². The smallest absolute Gasteiger partial charge is 0.227 e. The highest BCUT2D eigenvalue weighted by atomic mass is 15.3. The van der Waals surface area contributed by atoms with Gasteiger partial charge in [-0.15, -0.1) is 0 Å². The number of rotatable bonds is 4. The third-order valence-electron chi connectivity index (χ3n) is 4.40. The Balaban J connectivity index is 1.58. The monoisotopic (exact) mass is 316 g/mol. The van der Waals surface area contributed by atoms with E-state index < -0.39 is 0 Å². The average Bonchev–Trinajstić information content (AvgIpc) is 3.07. The fraction of sp³-hybridized carbons (Fsp3) is 0.200. The molecule has 0 fully saturated rings. The molecule has 0 bridgehead atoms. The van der Waals surface area contributed by atoms with Crippen LogP contribution in [0.25, 0.3) is 0 Å². The summed E-state index contributed by atoms with van der Waals surface area (Å²) in [6, 6.07) is 20.9. The van der Waals surface area contributed by atoms with Crippen LogP contribution in [0.3, 0.4) is 0 Å². The zero-order chi connectivity index (χ0) is 16.4. The Kier molecular flexibility index (Phi) is 3.87. The van der Waals surface area contributed by atoms with Gasteiger partial charge in [0, 0.05) is 32.0 Å². The van der Waals surface area contributed by atoms with E-state index in [9.17, 15) is 0 Å². The first-order chi connectivity index (χ1) is 11.8. The van der Waals surface area contributed by atoms with Crippen LogP contribution in [0, 0.1) is 0 Å². The fourth-order valence-electron chi connectivity index (χ4n) is 3.18. The molecule has 1 aliphatic rings. The van der Waals surface area contributed by atoms with Gasteiger partial charge in [0.05, 0.1) is 0 Å². The molecule has 4 rings (SSSR count). The van der Waals surface area contributed by atoms with E-state index in [0.29, 0.717) is 0 Å². The minimum Gasteiger partial charge on any atom is -0.339 e. The number of fused-ring (bicyclic) bond motifs is 1. The molecule has 0 N–H and O–H groups in total. The Bertz CT molecular complexity index is 832. The highest BCUT2D eigenvalue weighted by Crippen LogP contribution is 2.33. The summed E-state index contributed by atoms with van der Waals surface area (Å²) in [5, 5.41) is 0. The Labute approximate surface area is 142 Å². The molecule has 0 aliphatic carbocycles. The number of hydrogen-bond acceptors (Lipinski definition) is 4. The van der Waals surface area contributed by atoms with Crippen LogP contribution in [0.4, 0.5) is 17.5 Å². The Morgan fingerprint density at radius 3 is 2.67 bits per heavy atom. The van der Waals surface area contributed by atoms with Gasteiger partial charge in [-0.05, 0) is 29.7 Å². The highest BCUT2D eigenvalue weighted by molar-refractivity contribution is 5.67. The Morgan fingerprint density at radius 1 is 1.00 bits per heavy atom. The summed E-state index contributed by atoms with van der Waals surface area (Å²) in [6.07, 6.45) is 2.91. The maximum absolute atomic E-state index is 4.79. The molecular formula is C20H20N4. The molecule has 0 saturated heterocycles. The predicted octanol–water partition coefficient (Wildman–Crippen LogP) is 3.81. The quantitative estimate of drug-likeness (QED) is 0.733. The third-order valence-corrected chi connectivity index (χ3v) is 4.40. The first-order valence-electron chi connectivity index (χ1n) is 8.25. The van der Waals surface area contributed by atoms with E-state index in [4.69, 9.17) is 4.98 Å². The van der Waals surface area contributed by atoms with Crippen LogP contribution in [0.2, 0.25) is 0 Å². The molecule has 3 aromatic rings. The molecule has 2 heterocycles. The van der Waals surface area contributed by atoms with E-state index in [1.165, 1.54) is 16.8 Å². The largest absolute Gasteiger partial charge is 0.339 e. The maximum Gasteiger partial charge on any atom is 0.227 e. The first-order valence-corrected chi connectivity index (χ1v) is 8.25. The minimum atomic E-state index is 0.751. The van der Waals surface area contributed by atoms with Crippen molar-refractivity contribution in [2.24, 2.45) is 0 Å². The summed E-state index contributed by atoms with van der Waals surface area (Å²) in [5.41, 5.74) is 3.89. The van der Waals surface area contributed by atoms with E-state index in [-0.39, 0.29) is 0 Å². The number of anilines is 3. The van der Waals surface area contributed by atoms with Crippen molar-refractivity contribution in [1.82, 2.24) is 9.97 Å². The van der Waals surface area contributed by atoms with Crippen LogP contribution >= 0.6 is 0 Å². The molecule has 0 radical (unpaired) electrons. The zero-order valence-electron chi connectivity index (χ0n) is 13.8. The van der Waals surface area contributed by atoms with Gasteiger partial charge in [0.2, 0.25) is 5.95 Å². The number of nitrogens with zero attached hydrogens (tertiary/aromatic N) is 4. The van der Waals surface area contributed by atoms with E-state index in [1.807, 2.05) is 25.4 Å². The summed E-state index contributed by atoms with van der Waals surface area (Å²) >= 11 is 0. The molecule has 4 nitrogen and oxygen atoms in total. The second-order valence-electron chi connectivity index (χ2n) is 6.09. The Hall–Kier alpha value is -2.88. The number of aromatic nitrogens is 2. The van der Waals surface area contributed by atoms with E-state index in [0.717, 1.165) is 31.3 Å². The Morgan fingerprint density at radius 2 is 1.79 bits per heavy atom. The SMILES string of the molecule is CN(Cc1ccccc1)c1nccc(N2CCc3ccccc32)n1. The van der Waals surface area contributed by atoms with Crippen LogP contribution in [-0.2, 0) is 13.0 Å². The van der Waals surface area contributed by atoms with Gasteiger partial charge in [0.25, 0.3) is 0 Å². The minimum absolute atomic E-state index is 0.751. The summed E-state index contributed by atoms with van der Waals surface area (Å²) < 4.78 is 0. The van der Waals surface area contributed by atoms with Gasteiger partial charge < -0.3 is 9.80 Å². The van der Waals surface area contributed by atoms with Gasteiger partial charge in [-0.3, -0.25) is 0 Å². The lowest BCUT2D eigenvalue weighted by atomic mass is 10.2. The first kappa shape index (κ1) is 14.7.